The van der Waals surface area contributed by atoms with Crippen LogP contribution in [0.15, 0.2) is 24.3 Å². The fourth-order valence-corrected chi connectivity index (χ4v) is 0.697. The molecule has 0 aliphatic heterocycles. The molecule has 11 heavy (non-hydrogen) atoms. The summed E-state index contributed by atoms with van der Waals surface area (Å²) < 4.78 is 23.8. The quantitative estimate of drug-likeness (QED) is 0.639. The molecule has 3 heteroatoms. The van der Waals surface area contributed by atoms with Crippen LogP contribution < -0.4 is 0 Å². The Balaban J connectivity index is 2.91. The van der Waals surface area contributed by atoms with E-state index in [4.69, 9.17) is 0 Å². The van der Waals surface area contributed by atoms with Crippen LogP contribution >= 0.6 is 0 Å². The van der Waals surface area contributed by atoms with E-state index < -0.39 is 6.43 Å². The number of carbonyl (C=O) groups excluding carboxylic acids is 1. The average Bonchev–Trinajstić information content (AvgIpc) is 2.05. The highest BCUT2D eigenvalue weighted by atomic mass is 19.3. The largest absolute Gasteiger partial charge is 0.285 e. The number of benzene rings is 1. The van der Waals surface area contributed by atoms with Gasteiger partial charge in [0.15, 0.2) is 0 Å². The molecule has 0 atom stereocenters. The topological polar surface area (TPSA) is 17.1 Å². The molecule has 0 spiro atoms. The van der Waals surface area contributed by atoms with E-state index in [1.54, 1.807) is 6.29 Å². The van der Waals surface area contributed by atoms with E-state index in [1.165, 1.54) is 24.3 Å². The summed E-state index contributed by atoms with van der Waals surface area (Å²) in [7, 11) is 0. The molecular formula is C8H5F2O. The normalized spacial score (nSPS) is 10.1. The lowest BCUT2D eigenvalue weighted by Crippen LogP contribution is -1.85. The molecule has 0 unspecified atom stereocenters. The van der Waals surface area contributed by atoms with Crippen LogP contribution in [0, 0.1) is 0 Å². The van der Waals surface area contributed by atoms with E-state index >= 15 is 0 Å². The second-order valence-corrected chi connectivity index (χ2v) is 2.02. The van der Waals surface area contributed by atoms with E-state index in [0.29, 0.717) is 0 Å². The van der Waals surface area contributed by atoms with Gasteiger partial charge in [-0.1, -0.05) is 24.3 Å². The first-order chi connectivity index (χ1) is 5.24. The molecule has 0 aliphatic rings. The summed E-state index contributed by atoms with van der Waals surface area (Å²) in [5, 5.41) is 0. The Hall–Kier alpha value is -1.25. The highest BCUT2D eigenvalue weighted by molar-refractivity contribution is 5.75. The minimum Gasteiger partial charge on any atom is -0.285 e. The van der Waals surface area contributed by atoms with Gasteiger partial charge in [-0.25, -0.2) is 8.78 Å². The molecule has 1 rings (SSSR count). The van der Waals surface area contributed by atoms with Crippen molar-refractivity contribution in [3.63, 3.8) is 0 Å². The van der Waals surface area contributed by atoms with E-state index in [9.17, 15) is 13.6 Å². The Morgan fingerprint density at radius 3 is 2.09 bits per heavy atom. The maximum atomic E-state index is 11.9. The van der Waals surface area contributed by atoms with Gasteiger partial charge in [-0.05, 0) is 0 Å². The molecule has 0 heterocycles. The van der Waals surface area contributed by atoms with Gasteiger partial charge in [0.05, 0.1) is 0 Å². The van der Waals surface area contributed by atoms with Crippen LogP contribution in [0.1, 0.15) is 17.6 Å². The van der Waals surface area contributed by atoms with Crippen molar-refractivity contribution in [1.82, 2.24) is 0 Å². The summed E-state index contributed by atoms with van der Waals surface area (Å²) >= 11 is 0. The standard InChI is InChI=1S/C8H5F2O/c9-8(10)7-3-1-6(5-11)2-4-7/h1-4,8H. The van der Waals surface area contributed by atoms with Crippen molar-refractivity contribution in [3.8, 4) is 0 Å². The highest BCUT2D eigenvalue weighted by Crippen LogP contribution is 2.17. The molecule has 57 valence electrons. The number of rotatable bonds is 2. The summed E-state index contributed by atoms with van der Waals surface area (Å²) in [6.07, 6.45) is -0.878. The van der Waals surface area contributed by atoms with Crippen LogP contribution in [0.25, 0.3) is 0 Å². The molecule has 0 aromatic heterocycles. The molecule has 0 saturated heterocycles. The van der Waals surface area contributed by atoms with Gasteiger partial charge in [0, 0.05) is 11.1 Å². The van der Waals surface area contributed by atoms with Crippen molar-refractivity contribution in [1.29, 1.82) is 0 Å². The van der Waals surface area contributed by atoms with Crippen molar-refractivity contribution in [3.05, 3.63) is 35.4 Å². The van der Waals surface area contributed by atoms with Crippen LogP contribution in [0.2, 0.25) is 0 Å². The number of hydrogen-bond donors (Lipinski definition) is 0. The Kier molecular flexibility index (Phi) is 2.31. The molecule has 0 aliphatic carbocycles. The minimum atomic E-state index is -2.48. The van der Waals surface area contributed by atoms with Gasteiger partial charge in [0.1, 0.15) is 0 Å². The first-order valence-corrected chi connectivity index (χ1v) is 3.00. The summed E-state index contributed by atoms with van der Waals surface area (Å²) in [5.41, 5.74) is 0.207. The van der Waals surface area contributed by atoms with Gasteiger partial charge in [0.2, 0.25) is 6.29 Å². The third-order valence-electron chi connectivity index (χ3n) is 1.28. The van der Waals surface area contributed by atoms with Gasteiger partial charge in [-0.15, -0.1) is 0 Å². The summed E-state index contributed by atoms with van der Waals surface area (Å²) in [4.78, 5) is 9.98. The summed E-state index contributed by atoms with van der Waals surface area (Å²) in [6, 6.07) is 5.05. The second kappa shape index (κ2) is 3.23. The lowest BCUT2D eigenvalue weighted by Gasteiger charge is -1.96. The maximum Gasteiger partial charge on any atom is 0.263 e. The van der Waals surface area contributed by atoms with Crippen molar-refractivity contribution < 1.29 is 13.6 Å². The van der Waals surface area contributed by atoms with E-state index in [0.717, 1.165) is 0 Å². The highest BCUT2D eigenvalue weighted by Gasteiger charge is 2.04. The van der Waals surface area contributed by atoms with Crippen molar-refractivity contribution in [2.24, 2.45) is 0 Å². The third kappa shape index (κ3) is 1.83. The van der Waals surface area contributed by atoms with E-state index in [1.807, 2.05) is 0 Å². The molecule has 0 fully saturated rings. The first-order valence-electron chi connectivity index (χ1n) is 3.00. The zero-order valence-corrected chi connectivity index (χ0v) is 5.55. The molecular weight excluding hydrogens is 150 g/mol. The monoisotopic (exact) mass is 155 g/mol. The van der Waals surface area contributed by atoms with Crippen LogP contribution in [-0.2, 0) is 4.79 Å². The van der Waals surface area contributed by atoms with Crippen LogP contribution in [0.3, 0.4) is 0 Å². The first kappa shape index (κ1) is 7.85. The van der Waals surface area contributed by atoms with E-state index in [-0.39, 0.29) is 11.1 Å². The van der Waals surface area contributed by atoms with Gasteiger partial charge < -0.3 is 0 Å². The Morgan fingerprint density at radius 2 is 1.73 bits per heavy atom. The zero-order valence-electron chi connectivity index (χ0n) is 5.55. The lowest BCUT2D eigenvalue weighted by atomic mass is 10.1. The van der Waals surface area contributed by atoms with Crippen molar-refractivity contribution in [2.45, 2.75) is 6.43 Å². The fourth-order valence-electron chi connectivity index (χ4n) is 0.697. The maximum absolute atomic E-state index is 11.9. The molecule has 1 radical (unpaired) electrons. The van der Waals surface area contributed by atoms with Crippen molar-refractivity contribution >= 4 is 6.29 Å². The Morgan fingerprint density at radius 1 is 1.18 bits per heavy atom. The number of halogens is 2. The summed E-state index contributed by atoms with van der Waals surface area (Å²) in [5.74, 6) is 0. The smallest absolute Gasteiger partial charge is 0.263 e. The van der Waals surface area contributed by atoms with Gasteiger partial charge >= 0.3 is 0 Å². The predicted molar refractivity (Wildman–Crippen MR) is 36.2 cm³/mol. The molecule has 1 nitrogen and oxygen atoms in total. The van der Waals surface area contributed by atoms with Gasteiger partial charge in [-0.2, -0.15) is 0 Å². The molecule has 0 amide bonds. The Labute approximate surface area is 62.7 Å². The molecule has 0 N–H and O–H groups in total. The van der Waals surface area contributed by atoms with Crippen LogP contribution in [0.5, 0.6) is 0 Å². The van der Waals surface area contributed by atoms with Crippen LogP contribution in [0.4, 0.5) is 8.78 Å². The molecule has 1 aromatic carbocycles. The second-order valence-electron chi connectivity index (χ2n) is 2.02. The van der Waals surface area contributed by atoms with Gasteiger partial charge in [-0.3, -0.25) is 4.79 Å². The lowest BCUT2D eigenvalue weighted by molar-refractivity contribution is 0.151. The fraction of sp³-hybridized carbons (Fsp3) is 0.125. The predicted octanol–water partition coefficient (Wildman–Crippen LogP) is 2.08. The van der Waals surface area contributed by atoms with Gasteiger partial charge in [0.25, 0.3) is 6.43 Å². The molecule has 0 bridgehead atoms. The number of hydrogen-bond acceptors (Lipinski definition) is 1. The third-order valence-corrected chi connectivity index (χ3v) is 1.28. The summed E-state index contributed by atoms with van der Waals surface area (Å²) in [6.45, 7) is 0. The Bertz CT molecular complexity index is 241. The van der Waals surface area contributed by atoms with E-state index in [2.05, 4.69) is 0 Å². The number of alkyl halides is 2. The minimum absolute atomic E-state index is 0.0796. The molecule has 0 saturated carbocycles. The SMILES string of the molecule is O=[C]c1ccc(C(F)F)cc1. The zero-order chi connectivity index (χ0) is 8.27. The van der Waals surface area contributed by atoms with Crippen LogP contribution in [-0.4, -0.2) is 6.29 Å². The average molecular weight is 155 g/mol. The van der Waals surface area contributed by atoms with Crippen molar-refractivity contribution in [2.75, 3.05) is 0 Å². The molecule has 1 aromatic rings.